The number of hydrogen-bond donors (Lipinski definition) is 1. The summed E-state index contributed by atoms with van der Waals surface area (Å²) in [7, 11) is 0. The number of nitrogens with one attached hydrogen (secondary N) is 1. The number of aromatic amines is 1. The molecule has 3 heterocycles. The predicted molar refractivity (Wildman–Crippen MR) is 157 cm³/mol. The van der Waals surface area contributed by atoms with Gasteiger partial charge in [0.15, 0.2) is 0 Å². The zero-order valence-corrected chi connectivity index (χ0v) is 24.1. The third-order valence-electron chi connectivity index (χ3n) is 7.39. The van der Waals surface area contributed by atoms with Crippen LogP contribution >= 0.6 is 19.8 Å². The van der Waals surface area contributed by atoms with E-state index in [9.17, 15) is 14.0 Å². The van der Waals surface area contributed by atoms with E-state index in [0.717, 1.165) is 52.1 Å². The molecule has 1 N–H and O–H groups in total. The molecule has 6 nitrogen and oxygen atoms in total. The van der Waals surface area contributed by atoms with E-state index in [1.165, 1.54) is 32.6 Å². The predicted octanol–water partition coefficient (Wildman–Crippen LogP) is 6.20. The molecule has 0 bridgehead atoms. The van der Waals surface area contributed by atoms with Crippen LogP contribution in [0.4, 0.5) is 10.1 Å². The Kier molecular flexibility index (Phi) is 8.07. The molecule has 0 radical (unpaired) electrons. The molecule has 2 aromatic carbocycles. The van der Waals surface area contributed by atoms with Crippen LogP contribution in [-0.2, 0) is 9.22 Å². The molecule has 3 aromatic rings. The second kappa shape index (κ2) is 11.5. The molecule has 0 unspecified atom stereocenters. The molecule has 1 aromatic heterocycles. The molecule has 0 saturated carbocycles. The summed E-state index contributed by atoms with van der Waals surface area (Å²) in [5.41, 5.74) is 3.65. The van der Waals surface area contributed by atoms with Crippen LogP contribution in [-0.4, -0.2) is 39.5 Å². The number of ether oxygens (including phenoxy) is 2. The van der Waals surface area contributed by atoms with Crippen molar-refractivity contribution in [2.45, 2.75) is 37.5 Å². The van der Waals surface area contributed by atoms with Gasteiger partial charge in [0.25, 0.3) is 0 Å². The third kappa shape index (κ3) is 5.75. The monoisotopic (exact) mass is 632 g/mol. The maximum atomic E-state index is 13.6. The summed E-state index contributed by atoms with van der Waals surface area (Å²) < 4.78 is 29.2. The van der Waals surface area contributed by atoms with Crippen LogP contribution in [0.2, 0.25) is 0 Å². The number of rotatable bonds is 8. The van der Waals surface area contributed by atoms with Crippen molar-refractivity contribution in [2.75, 3.05) is 33.5 Å². The molecule has 0 aliphatic carbocycles. The number of carbonyl (C=O) groups is 1. The molecule has 8 heteroatoms. The number of amides is 1. The summed E-state index contributed by atoms with van der Waals surface area (Å²) in [5.74, 6) is 1.44. The number of benzene rings is 2. The number of alkyl halides is 3. The Labute approximate surface area is 229 Å². The van der Waals surface area contributed by atoms with Crippen molar-refractivity contribution in [2.24, 2.45) is 5.41 Å². The number of halogens is 2. The van der Waals surface area contributed by atoms with Crippen LogP contribution in [0.3, 0.4) is 0 Å². The Morgan fingerprint density at radius 2 is 1.63 bits per heavy atom. The van der Waals surface area contributed by atoms with Gasteiger partial charge in [-0.3, -0.25) is 0 Å². The molecule has 2 saturated heterocycles. The summed E-state index contributed by atoms with van der Waals surface area (Å²) in [6, 6.07) is 14.0. The van der Waals surface area contributed by atoms with E-state index in [2.05, 4.69) is 17.1 Å². The van der Waals surface area contributed by atoms with Crippen molar-refractivity contribution in [3.8, 4) is 22.6 Å². The van der Waals surface area contributed by atoms with Gasteiger partial charge < -0.3 is 0 Å². The van der Waals surface area contributed by atoms with Crippen molar-refractivity contribution in [1.82, 2.24) is 4.98 Å². The molecule has 0 atom stereocenters. The molecular formula is C30H34FIN2O4. The fourth-order valence-corrected chi connectivity index (χ4v) is 12.2. The molecule has 2 aliphatic rings. The fourth-order valence-electron chi connectivity index (χ4n) is 5.44. The van der Waals surface area contributed by atoms with E-state index < -0.39 is 19.8 Å². The Bertz CT molecular complexity index is 1300. The van der Waals surface area contributed by atoms with Crippen LogP contribution in [0.1, 0.15) is 38.7 Å². The van der Waals surface area contributed by atoms with Gasteiger partial charge in [0.05, 0.1) is 0 Å². The molecule has 1 spiro atoms. The average Bonchev–Trinajstić information content (AvgIpc) is 3.22. The Morgan fingerprint density at radius 3 is 2.21 bits per heavy atom. The van der Waals surface area contributed by atoms with Crippen LogP contribution in [0.25, 0.3) is 11.1 Å². The Hall–Kier alpha value is -2.88. The number of carbonyl (C=O) groups excluding carboxylic acids is 1. The van der Waals surface area contributed by atoms with Crippen molar-refractivity contribution >= 4 is 31.4 Å². The van der Waals surface area contributed by atoms with E-state index in [-0.39, 0.29) is 22.7 Å². The van der Waals surface area contributed by atoms with Crippen molar-refractivity contribution in [3.05, 3.63) is 76.5 Å². The van der Waals surface area contributed by atoms with Gasteiger partial charge in [-0.15, -0.1) is 0 Å². The molecule has 2 aliphatic heterocycles. The first-order valence-electron chi connectivity index (χ1n) is 13.1. The quantitative estimate of drug-likeness (QED) is 0.237. The molecule has 2 fully saturated rings. The summed E-state index contributed by atoms with van der Waals surface area (Å²) >= 11 is -1.27. The zero-order chi connectivity index (χ0) is 26.7. The first-order valence-corrected chi connectivity index (χ1v) is 17.7. The first kappa shape index (κ1) is 26.7. The van der Waals surface area contributed by atoms with Gasteiger partial charge in [0, 0.05) is 0 Å². The van der Waals surface area contributed by atoms with Crippen molar-refractivity contribution in [1.29, 1.82) is 0 Å². The summed E-state index contributed by atoms with van der Waals surface area (Å²) in [6.07, 6.45) is 4.38. The third-order valence-corrected chi connectivity index (χ3v) is 13.5. The van der Waals surface area contributed by atoms with Crippen molar-refractivity contribution in [3.63, 3.8) is 0 Å². The summed E-state index contributed by atoms with van der Waals surface area (Å²) in [5, 5.41) is 0. The molecule has 202 valence electrons. The van der Waals surface area contributed by atoms with E-state index in [4.69, 9.17) is 9.47 Å². The number of hydrogen-bond acceptors (Lipinski definition) is 4. The van der Waals surface area contributed by atoms with Crippen LogP contribution in [0, 0.1) is 11.2 Å². The fraction of sp³-hybridized carbons (Fsp3) is 0.400. The second-order valence-electron chi connectivity index (χ2n) is 9.99. The molecule has 1 amide bonds. The number of pyridine rings is 1. The Balaban J connectivity index is 1.31. The van der Waals surface area contributed by atoms with Gasteiger partial charge in [-0.2, -0.15) is 0 Å². The summed E-state index contributed by atoms with van der Waals surface area (Å²) in [6.45, 7) is 5.74. The van der Waals surface area contributed by atoms with Gasteiger partial charge in [-0.1, -0.05) is 0 Å². The van der Waals surface area contributed by atoms with Gasteiger partial charge in [-0.05, 0) is 0 Å². The standard InChI is InChI=1S/C30H34FIN2O4/c1-3-37-25-15-21(16-26(38-4-2)29(25)22-5-7-23(31)8-6-22)18-32-13-11-30(12-14-32)17-28(36)34(20-30)24-9-10-27(35)33-19-24/h5-10,15-16,19H,3-4,11-14,17-18,20H2,1-2H3,(H,33,35). The van der Waals surface area contributed by atoms with E-state index in [0.29, 0.717) is 19.6 Å². The van der Waals surface area contributed by atoms with Crippen LogP contribution in [0.15, 0.2) is 59.5 Å². The normalized spacial score (nSPS) is 17.7. The van der Waals surface area contributed by atoms with E-state index in [1.807, 2.05) is 18.7 Å². The number of nitrogens with zero attached hydrogens (tertiary/aromatic N) is 1. The van der Waals surface area contributed by atoms with Crippen LogP contribution < -0.4 is 19.9 Å². The maximum absolute atomic E-state index is 13.6. The summed E-state index contributed by atoms with van der Waals surface area (Å²) in [4.78, 5) is 28.8. The minimum absolute atomic E-state index is 0.0423. The SMILES string of the molecule is CCOc1cc(CI2CCC3(CC2)CC(=O)N(c2ccc(=O)[nH]c2)C3)cc(OCC)c1-c1ccc(F)cc1. The van der Waals surface area contributed by atoms with Gasteiger partial charge in [0.2, 0.25) is 0 Å². The van der Waals surface area contributed by atoms with Gasteiger partial charge in [-0.25, -0.2) is 0 Å². The van der Waals surface area contributed by atoms with Gasteiger partial charge >= 0.3 is 231 Å². The van der Waals surface area contributed by atoms with Crippen LogP contribution in [0.5, 0.6) is 11.5 Å². The van der Waals surface area contributed by atoms with E-state index >= 15 is 0 Å². The topological polar surface area (TPSA) is 71.6 Å². The molecule has 38 heavy (non-hydrogen) atoms. The minimum atomic E-state index is -1.27. The Morgan fingerprint density at radius 1 is 0.974 bits per heavy atom. The number of H-pyrrole nitrogens is 1. The second-order valence-corrected chi connectivity index (χ2v) is 16.1. The zero-order valence-electron chi connectivity index (χ0n) is 21.9. The molecular weight excluding hydrogens is 598 g/mol. The van der Waals surface area contributed by atoms with Crippen molar-refractivity contribution < 1.29 is 18.7 Å². The number of aromatic nitrogens is 1. The first-order chi connectivity index (χ1) is 18.4. The molecule has 5 rings (SSSR count). The van der Waals surface area contributed by atoms with E-state index in [1.54, 1.807) is 24.4 Å². The number of anilines is 1. The average molecular weight is 633 g/mol. The van der Waals surface area contributed by atoms with Gasteiger partial charge in [0.1, 0.15) is 0 Å².